The van der Waals surface area contributed by atoms with Gasteiger partial charge in [-0.15, -0.1) is 30.4 Å². The molecule has 7 nitrogen and oxygen atoms in total. The zero-order chi connectivity index (χ0) is 24.6. The first kappa shape index (κ1) is 27.8. The Morgan fingerprint density at radius 1 is 1.18 bits per heavy atom. The lowest BCUT2D eigenvalue weighted by atomic mass is 10.2. The van der Waals surface area contributed by atoms with Crippen LogP contribution in [-0.2, 0) is 4.79 Å². The van der Waals surface area contributed by atoms with E-state index in [-0.39, 0.29) is 13.1 Å². The number of nitrogens with zero attached hydrogens (tertiary/aromatic N) is 1. The smallest absolute Gasteiger partial charge is 0.264 e. The van der Waals surface area contributed by atoms with Crippen LogP contribution in [0, 0.1) is 19.3 Å². The van der Waals surface area contributed by atoms with Crippen LogP contribution in [0.15, 0.2) is 82.8 Å². The summed E-state index contributed by atoms with van der Waals surface area (Å²) in [4.78, 5) is 11.8. The summed E-state index contributed by atoms with van der Waals surface area (Å²) in [7, 11) is 0. The summed E-state index contributed by atoms with van der Waals surface area (Å²) >= 11 is 5.98. The molecule has 0 unspecified atom stereocenters. The molecule has 9 heteroatoms. The Labute approximate surface area is 204 Å². The number of thiol groups is 1. The molecule has 33 heavy (non-hydrogen) atoms. The number of benzene rings is 2. The summed E-state index contributed by atoms with van der Waals surface area (Å²) in [5, 5.41) is 9.14. The van der Waals surface area contributed by atoms with Crippen LogP contribution in [0.2, 0.25) is 0 Å². The van der Waals surface area contributed by atoms with Crippen molar-refractivity contribution in [3.05, 3.63) is 89.8 Å². The van der Waals surface area contributed by atoms with Crippen molar-refractivity contribution in [3.8, 4) is 22.8 Å². The number of rotatable bonds is 5. The third-order valence-corrected chi connectivity index (χ3v) is 5.25. The molecule has 0 aliphatic carbocycles. The van der Waals surface area contributed by atoms with Gasteiger partial charge >= 0.3 is 0 Å². The van der Waals surface area contributed by atoms with Gasteiger partial charge in [0.25, 0.3) is 5.91 Å². The molecule has 3 rings (SSSR count). The molecule has 1 aromatic heterocycles. The molecule has 8 N–H and O–H groups in total. The maximum absolute atomic E-state index is 10.5. The van der Waals surface area contributed by atoms with E-state index in [0.717, 1.165) is 14.8 Å². The third-order valence-electron chi connectivity index (χ3n) is 3.89. The highest BCUT2D eigenvalue weighted by molar-refractivity contribution is 7.83. The lowest BCUT2D eigenvalue weighted by molar-refractivity contribution is -0.129. The van der Waals surface area contributed by atoms with E-state index in [1.54, 1.807) is 11.3 Å². The number of nitrogens with one attached hydrogen (secondary N) is 1. The summed E-state index contributed by atoms with van der Waals surface area (Å²) in [6.45, 7) is 2.02. The molecule has 0 saturated heterocycles. The van der Waals surface area contributed by atoms with E-state index in [2.05, 4.69) is 36.7 Å². The van der Waals surface area contributed by atoms with E-state index in [1.807, 2.05) is 55.5 Å². The van der Waals surface area contributed by atoms with Gasteiger partial charge in [0, 0.05) is 28.9 Å². The normalized spacial score (nSPS) is 10.0. The van der Waals surface area contributed by atoms with Crippen molar-refractivity contribution in [3.63, 3.8) is 0 Å². The maximum Gasteiger partial charge on any atom is 0.264 e. The van der Waals surface area contributed by atoms with Crippen LogP contribution >= 0.6 is 24.0 Å². The molecule has 0 bridgehead atoms. The number of amides is 1. The highest BCUT2D eigenvalue weighted by atomic mass is 32.2. The van der Waals surface area contributed by atoms with Crippen LogP contribution in [0.1, 0.15) is 11.1 Å². The Morgan fingerprint density at radius 2 is 1.82 bits per heavy atom. The number of hydrazine groups is 1. The standard InChI is InChI=1S/C10H8S2.C9H8.C5H13N5O2/c11-10-7-6-9(12-10)8-4-2-1-3-5-8;1-3-9-6-4-8(2)5-7-9;6-1-4(7)2-10(8)3-5(11)9-12/h1-7,11H;1,4-7H,2H3;2,12H,1,3,6-8H2,(H,9,11)/b;;4-2-. The Kier molecular flexibility index (Phi) is 13.1. The maximum atomic E-state index is 10.5. The van der Waals surface area contributed by atoms with Crippen molar-refractivity contribution in [2.45, 2.75) is 11.1 Å². The number of hydrogen-bond acceptors (Lipinski definition) is 8. The van der Waals surface area contributed by atoms with Gasteiger partial charge in [0.05, 0.1) is 4.21 Å². The number of hydrogen-bond donors (Lipinski definition) is 6. The van der Waals surface area contributed by atoms with E-state index in [4.69, 9.17) is 28.9 Å². The van der Waals surface area contributed by atoms with Crippen LogP contribution in [0.3, 0.4) is 0 Å². The number of terminal acetylenes is 1. The SMILES string of the molecule is C#Cc1ccc(C)cc1.NC/C(N)=C/N(N)CC(=O)NO.Sc1ccc(-c2ccccc2)s1. The summed E-state index contributed by atoms with van der Waals surface area (Å²) in [6.07, 6.45) is 6.46. The first-order valence-electron chi connectivity index (χ1n) is 9.77. The zero-order valence-corrected chi connectivity index (χ0v) is 20.0. The second kappa shape index (κ2) is 15.5. The Balaban J connectivity index is 0.000000250. The van der Waals surface area contributed by atoms with Gasteiger partial charge in [-0.2, -0.15) is 0 Å². The van der Waals surface area contributed by atoms with Crippen LogP contribution in [0.4, 0.5) is 0 Å². The van der Waals surface area contributed by atoms with Gasteiger partial charge in [0.15, 0.2) is 0 Å². The number of thiophene rings is 1. The molecule has 0 saturated carbocycles. The van der Waals surface area contributed by atoms with Crippen molar-refractivity contribution in [1.29, 1.82) is 0 Å². The fourth-order valence-electron chi connectivity index (χ4n) is 2.25. The Hall–Kier alpha value is -3.26. The first-order valence-corrected chi connectivity index (χ1v) is 11.0. The molecule has 1 heterocycles. The average Bonchev–Trinajstić information content (AvgIpc) is 3.27. The number of aryl methyl sites for hydroxylation is 1. The number of carbonyl (C=O) groups is 1. The second-order valence-electron chi connectivity index (χ2n) is 6.63. The average molecular weight is 484 g/mol. The molecule has 174 valence electrons. The third kappa shape index (κ3) is 11.8. The zero-order valence-electron chi connectivity index (χ0n) is 18.3. The molecular formula is C24H29N5O2S2. The summed E-state index contributed by atoms with van der Waals surface area (Å²) < 4.78 is 1.06. The van der Waals surface area contributed by atoms with Crippen molar-refractivity contribution < 1.29 is 10.0 Å². The number of hydroxylamine groups is 1. The van der Waals surface area contributed by atoms with Gasteiger partial charge in [-0.25, -0.2) is 11.3 Å². The predicted octanol–water partition coefficient (Wildman–Crippen LogP) is 3.11. The number of carbonyl (C=O) groups excluding carboxylic acids is 1. The van der Waals surface area contributed by atoms with E-state index in [1.165, 1.54) is 27.7 Å². The lowest BCUT2D eigenvalue weighted by Crippen LogP contribution is -2.37. The molecule has 3 aromatic rings. The minimum absolute atomic E-state index is 0.161. The van der Waals surface area contributed by atoms with Gasteiger partial charge in [-0.3, -0.25) is 10.0 Å². The number of nitrogens with two attached hydrogens (primary N) is 3. The van der Waals surface area contributed by atoms with Gasteiger partial charge in [-0.05, 0) is 36.8 Å². The monoisotopic (exact) mass is 483 g/mol. The Morgan fingerprint density at radius 3 is 2.30 bits per heavy atom. The van der Waals surface area contributed by atoms with Crippen LogP contribution in [0.25, 0.3) is 10.4 Å². The largest absolute Gasteiger partial charge is 0.400 e. The van der Waals surface area contributed by atoms with Crippen LogP contribution in [0.5, 0.6) is 0 Å². The molecule has 0 aliphatic rings. The van der Waals surface area contributed by atoms with Crippen LogP contribution < -0.4 is 22.8 Å². The highest BCUT2D eigenvalue weighted by Gasteiger charge is 2.02. The van der Waals surface area contributed by atoms with Crippen LogP contribution in [-0.4, -0.2) is 29.2 Å². The van der Waals surface area contributed by atoms with E-state index < -0.39 is 5.91 Å². The van der Waals surface area contributed by atoms with E-state index >= 15 is 0 Å². The van der Waals surface area contributed by atoms with Gasteiger partial charge < -0.3 is 16.5 Å². The summed E-state index contributed by atoms with van der Waals surface area (Å²) in [5.41, 5.74) is 15.7. The van der Waals surface area contributed by atoms with Gasteiger partial charge in [0.2, 0.25) is 0 Å². The lowest BCUT2D eigenvalue weighted by Gasteiger charge is -2.12. The van der Waals surface area contributed by atoms with Crippen molar-refractivity contribution in [2.24, 2.45) is 17.3 Å². The van der Waals surface area contributed by atoms with Crippen molar-refractivity contribution in [2.75, 3.05) is 13.1 Å². The predicted molar refractivity (Wildman–Crippen MR) is 138 cm³/mol. The minimum Gasteiger partial charge on any atom is -0.400 e. The molecule has 1 amide bonds. The van der Waals surface area contributed by atoms with E-state index in [0.29, 0.717) is 5.70 Å². The fraction of sp³-hybridized carbons (Fsp3) is 0.125. The minimum atomic E-state index is -0.626. The summed E-state index contributed by atoms with van der Waals surface area (Å²) in [6, 6.07) is 22.4. The topological polar surface area (TPSA) is 131 Å². The molecule has 0 atom stereocenters. The van der Waals surface area contributed by atoms with Crippen molar-refractivity contribution >= 4 is 29.9 Å². The molecule has 0 fully saturated rings. The fourth-order valence-corrected chi connectivity index (χ4v) is 3.37. The van der Waals surface area contributed by atoms with Gasteiger partial charge in [0.1, 0.15) is 6.54 Å². The summed E-state index contributed by atoms with van der Waals surface area (Å²) in [5.74, 6) is 7.20. The molecule has 0 spiro atoms. The second-order valence-corrected chi connectivity index (χ2v) is 8.50. The molecule has 0 radical (unpaired) electrons. The highest BCUT2D eigenvalue weighted by Crippen LogP contribution is 2.29. The molecule has 0 aliphatic heterocycles. The Bertz CT molecular complexity index is 1040. The molecule has 2 aromatic carbocycles. The molecular weight excluding hydrogens is 454 g/mol. The quantitative estimate of drug-likeness (QED) is 0.109. The van der Waals surface area contributed by atoms with E-state index in [9.17, 15) is 4.79 Å². The van der Waals surface area contributed by atoms with Crippen molar-refractivity contribution in [1.82, 2.24) is 10.5 Å². The first-order chi connectivity index (χ1) is 15.8. The van der Waals surface area contributed by atoms with Gasteiger partial charge in [-0.1, -0.05) is 53.9 Å².